The Morgan fingerprint density at radius 2 is 1.87 bits per heavy atom. The van der Waals surface area contributed by atoms with Crippen molar-refractivity contribution in [2.24, 2.45) is 0 Å². The molecule has 0 unspecified atom stereocenters. The molecule has 1 aliphatic rings. The van der Waals surface area contributed by atoms with E-state index in [1.165, 1.54) is 17.4 Å². The molecule has 0 radical (unpaired) electrons. The van der Waals surface area contributed by atoms with Gasteiger partial charge in [-0.05, 0) is 49.2 Å². The number of nitrogens with one attached hydrogen (secondary N) is 1. The highest BCUT2D eigenvalue weighted by Gasteiger charge is 2.29. The zero-order valence-corrected chi connectivity index (χ0v) is 16.5. The number of aromatic nitrogens is 3. The van der Waals surface area contributed by atoms with Crippen molar-refractivity contribution in [1.82, 2.24) is 14.8 Å². The van der Waals surface area contributed by atoms with Gasteiger partial charge in [-0.25, -0.2) is 18.4 Å². The maximum absolute atomic E-state index is 13.5. The van der Waals surface area contributed by atoms with Gasteiger partial charge in [0.1, 0.15) is 5.69 Å². The predicted octanol–water partition coefficient (Wildman–Crippen LogP) is 5.40. The van der Waals surface area contributed by atoms with Crippen LogP contribution >= 0.6 is 11.3 Å². The quantitative estimate of drug-likeness (QED) is 0.468. The van der Waals surface area contributed by atoms with Crippen LogP contribution in [0.2, 0.25) is 0 Å². The van der Waals surface area contributed by atoms with Gasteiger partial charge in [-0.15, -0.1) is 11.3 Å². The molecule has 8 heteroatoms. The molecule has 1 amide bonds. The van der Waals surface area contributed by atoms with Gasteiger partial charge in [-0.2, -0.15) is 5.10 Å². The number of benzene rings is 2. The number of nitrogens with zero attached hydrogens (tertiary/aromatic N) is 3. The fourth-order valence-corrected chi connectivity index (χ4v) is 3.90. The molecule has 30 heavy (non-hydrogen) atoms. The highest BCUT2D eigenvalue weighted by molar-refractivity contribution is 7.14. The van der Waals surface area contributed by atoms with Crippen LogP contribution in [0.1, 0.15) is 34.9 Å². The Morgan fingerprint density at radius 1 is 1.07 bits per heavy atom. The summed E-state index contributed by atoms with van der Waals surface area (Å²) in [5, 5.41) is 9.49. The summed E-state index contributed by atoms with van der Waals surface area (Å²) in [5.74, 6) is -1.78. The van der Waals surface area contributed by atoms with E-state index in [2.05, 4.69) is 15.4 Å². The molecule has 2 aromatic heterocycles. The lowest BCUT2D eigenvalue weighted by atomic mass is 10.2. The van der Waals surface area contributed by atoms with Crippen LogP contribution < -0.4 is 5.32 Å². The van der Waals surface area contributed by atoms with Crippen LogP contribution in [0.25, 0.3) is 16.9 Å². The maximum atomic E-state index is 13.5. The van der Waals surface area contributed by atoms with E-state index in [-0.39, 0.29) is 5.91 Å². The first-order valence-electron chi connectivity index (χ1n) is 9.46. The topological polar surface area (TPSA) is 59.8 Å². The van der Waals surface area contributed by atoms with Gasteiger partial charge >= 0.3 is 0 Å². The average molecular weight is 422 g/mol. The highest BCUT2D eigenvalue weighted by atomic mass is 32.1. The van der Waals surface area contributed by atoms with E-state index in [0.29, 0.717) is 28.0 Å². The van der Waals surface area contributed by atoms with Crippen molar-refractivity contribution < 1.29 is 13.6 Å². The van der Waals surface area contributed by atoms with E-state index < -0.39 is 11.6 Å². The number of hydrogen-bond acceptors (Lipinski definition) is 4. The van der Waals surface area contributed by atoms with Crippen LogP contribution in [-0.2, 0) is 0 Å². The minimum atomic E-state index is -0.939. The van der Waals surface area contributed by atoms with E-state index in [1.807, 2.05) is 36.4 Å². The van der Waals surface area contributed by atoms with Crippen molar-refractivity contribution in [3.63, 3.8) is 0 Å². The molecule has 0 aliphatic heterocycles. The number of halogens is 2. The van der Waals surface area contributed by atoms with E-state index >= 15 is 0 Å². The predicted molar refractivity (Wildman–Crippen MR) is 111 cm³/mol. The molecular formula is C22H16F2N4OS. The zero-order chi connectivity index (χ0) is 20.7. The number of rotatable bonds is 5. The standard InChI is InChI=1S/C22H16F2N4OS/c23-16-9-8-14(10-17(16)24)19-12-30-22(25-19)26-21(29)20-11-18(13-6-7-13)27-28(20)15-4-2-1-3-5-15/h1-5,8-13H,6-7H2,(H,25,26,29). The van der Waals surface area contributed by atoms with Crippen molar-refractivity contribution in [2.75, 3.05) is 5.32 Å². The molecule has 4 aromatic rings. The summed E-state index contributed by atoms with van der Waals surface area (Å²) in [4.78, 5) is 17.3. The highest BCUT2D eigenvalue weighted by Crippen LogP contribution is 2.40. The molecule has 1 fully saturated rings. The lowest BCUT2D eigenvalue weighted by molar-refractivity contribution is 0.101. The molecular weight excluding hydrogens is 406 g/mol. The molecule has 2 aromatic carbocycles. The molecule has 2 heterocycles. The summed E-state index contributed by atoms with van der Waals surface area (Å²) in [6.07, 6.45) is 2.16. The van der Waals surface area contributed by atoms with Crippen molar-refractivity contribution in [3.05, 3.63) is 83.0 Å². The molecule has 5 nitrogen and oxygen atoms in total. The van der Waals surface area contributed by atoms with Crippen LogP contribution in [0.5, 0.6) is 0 Å². The van der Waals surface area contributed by atoms with Crippen LogP contribution in [0, 0.1) is 11.6 Å². The third-order valence-corrected chi connectivity index (χ3v) is 5.66. The van der Waals surface area contributed by atoms with Crippen molar-refractivity contribution in [1.29, 1.82) is 0 Å². The fourth-order valence-electron chi connectivity index (χ4n) is 3.19. The van der Waals surface area contributed by atoms with Crippen molar-refractivity contribution >= 4 is 22.4 Å². The first-order valence-corrected chi connectivity index (χ1v) is 10.3. The van der Waals surface area contributed by atoms with Crippen LogP contribution in [0.4, 0.5) is 13.9 Å². The number of para-hydroxylation sites is 1. The lowest BCUT2D eigenvalue weighted by Crippen LogP contribution is -2.16. The van der Waals surface area contributed by atoms with Gasteiger partial charge in [0.2, 0.25) is 0 Å². The number of carbonyl (C=O) groups is 1. The van der Waals surface area contributed by atoms with Crippen molar-refractivity contribution in [2.45, 2.75) is 18.8 Å². The Morgan fingerprint density at radius 3 is 2.60 bits per heavy atom. The summed E-state index contributed by atoms with van der Waals surface area (Å²) >= 11 is 1.22. The fraction of sp³-hybridized carbons (Fsp3) is 0.136. The average Bonchev–Trinajstić information content (AvgIpc) is 3.33. The van der Waals surface area contributed by atoms with E-state index in [9.17, 15) is 13.6 Å². The Labute approximate surface area is 175 Å². The first kappa shape index (κ1) is 18.6. The summed E-state index contributed by atoms with van der Waals surface area (Å²) in [7, 11) is 0. The number of amides is 1. The van der Waals surface area contributed by atoms with E-state index in [0.717, 1.165) is 36.4 Å². The third kappa shape index (κ3) is 3.61. The molecule has 0 bridgehead atoms. The summed E-state index contributed by atoms with van der Waals surface area (Å²) in [5.41, 5.74) is 3.04. The number of thiazole rings is 1. The number of hydrogen-bond donors (Lipinski definition) is 1. The van der Waals surface area contributed by atoms with Gasteiger partial charge in [-0.1, -0.05) is 18.2 Å². The largest absolute Gasteiger partial charge is 0.296 e. The monoisotopic (exact) mass is 422 g/mol. The van der Waals surface area contributed by atoms with Crippen LogP contribution in [0.15, 0.2) is 60.0 Å². The molecule has 0 saturated heterocycles. The molecule has 5 rings (SSSR count). The van der Waals surface area contributed by atoms with Crippen LogP contribution in [-0.4, -0.2) is 20.7 Å². The number of anilines is 1. The summed E-state index contributed by atoms with van der Waals surface area (Å²) < 4.78 is 28.3. The minimum absolute atomic E-state index is 0.329. The van der Waals surface area contributed by atoms with Gasteiger partial charge in [0.15, 0.2) is 16.8 Å². The second-order valence-corrected chi connectivity index (χ2v) is 7.96. The Bertz CT molecular complexity index is 1230. The van der Waals surface area contributed by atoms with Gasteiger partial charge in [0, 0.05) is 16.9 Å². The lowest BCUT2D eigenvalue weighted by Gasteiger charge is -2.06. The Balaban J connectivity index is 1.42. The molecule has 1 saturated carbocycles. The third-order valence-electron chi connectivity index (χ3n) is 4.90. The Kier molecular flexibility index (Phi) is 4.63. The molecule has 0 atom stereocenters. The maximum Gasteiger partial charge on any atom is 0.276 e. The van der Waals surface area contributed by atoms with Gasteiger partial charge < -0.3 is 0 Å². The second kappa shape index (κ2) is 7.46. The zero-order valence-electron chi connectivity index (χ0n) is 15.7. The van der Waals surface area contributed by atoms with Crippen molar-refractivity contribution in [3.8, 4) is 16.9 Å². The van der Waals surface area contributed by atoms with Gasteiger partial charge in [0.05, 0.1) is 17.1 Å². The normalized spacial score (nSPS) is 13.4. The van der Waals surface area contributed by atoms with Gasteiger partial charge in [0.25, 0.3) is 5.91 Å². The minimum Gasteiger partial charge on any atom is -0.296 e. The smallest absolute Gasteiger partial charge is 0.276 e. The molecule has 150 valence electrons. The number of carbonyl (C=O) groups excluding carboxylic acids is 1. The Hall–Kier alpha value is -3.39. The second-order valence-electron chi connectivity index (χ2n) is 7.10. The van der Waals surface area contributed by atoms with Gasteiger partial charge in [-0.3, -0.25) is 10.1 Å². The van der Waals surface area contributed by atoms with Crippen LogP contribution in [0.3, 0.4) is 0 Å². The molecule has 1 N–H and O–H groups in total. The SMILES string of the molecule is O=C(Nc1nc(-c2ccc(F)c(F)c2)cs1)c1cc(C2CC2)nn1-c1ccccc1. The molecule has 1 aliphatic carbocycles. The van der Waals surface area contributed by atoms with E-state index in [4.69, 9.17) is 0 Å². The summed E-state index contributed by atoms with van der Waals surface area (Å²) in [6.45, 7) is 0. The first-order chi connectivity index (χ1) is 14.6. The summed E-state index contributed by atoms with van der Waals surface area (Å²) in [6, 6.07) is 14.9. The van der Waals surface area contributed by atoms with E-state index in [1.54, 1.807) is 10.1 Å². The molecule has 0 spiro atoms.